The normalized spacial score (nSPS) is 16.2. The molecular weight excluding hydrogens is 222 g/mol. The van der Waals surface area contributed by atoms with E-state index in [0.717, 1.165) is 32.6 Å². The maximum atomic E-state index is 5.79. The highest BCUT2D eigenvalue weighted by Crippen LogP contribution is 2.31. The molecule has 0 saturated heterocycles. The molecule has 1 aliphatic rings. The molecule has 2 aromatic rings. The summed E-state index contributed by atoms with van der Waals surface area (Å²) in [5, 5.41) is 1.41. The lowest BCUT2D eigenvalue weighted by atomic mass is 10.1. The molecule has 2 heterocycles. The quantitative estimate of drug-likeness (QED) is 0.874. The molecule has 2 N–H and O–H groups in total. The Morgan fingerprint density at radius 2 is 2.11 bits per heavy atom. The Morgan fingerprint density at radius 3 is 2.89 bits per heavy atom. The molecule has 0 spiro atoms. The van der Waals surface area contributed by atoms with Crippen LogP contribution in [0.2, 0.25) is 0 Å². The fourth-order valence-electron chi connectivity index (χ4n) is 3.17. The van der Waals surface area contributed by atoms with Crippen LogP contribution in [0.5, 0.6) is 0 Å². The maximum Gasteiger partial charge on any atom is 0.0515 e. The van der Waals surface area contributed by atoms with Crippen LogP contribution in [0, 0.1) is 6.92 Å². The highest BCUT2D eigenvalue weighted by atomic mass is 15.2. The largest absolute Gasteiger partial charge is 0.342 e. The SMILES string of the molecule is Cc1cccc2c(CCN)c3n(c12)CCN(C)C3. The van der Waals surface area contributed by atoms with E-state index in [1.54, 1.807) is 0 Å². The van der Waals surface area contributed by atoms with E-state index in [9.17, 15) is 0 Å². The molecule has 1 aliphatic heterocycles. The predicted molar refractivity (Wildman–Crippen MR) is 75.8 cm³/mol. The van der Waals surface area contributed by atoms with Gasteiger partial charge in [0.15, 0.2) is 0 Å². The molecule has 0 amide bonds. The van der Waals surface area contributed by atoms with Gasteiger partial charge in [0.25, 0.3) is 0 Å². The van der Waals surface area contributed by atoms with Gasteiger partial charge in [-0.15, -0.1) is 0 Å². The van der Waals surface area contributed by atoms with Gasteiger partial charge in [0.1, 0.15) is 0 Å². The van der Waals surface area contributed by atoms with E-state index in [1.807, 2.05) is 0 Å². The third-order valence-electron chi connectivity index (χ3n) is 4.03. The summed E-state index contributed by atoms with van der Waals surface area (Å²) in [6.45, 7) is 6.21. The van der Waals surface area contributed by atoms with Crippen LogP contribution >= 0.6 is 0 Å². The Labute approximate surface area is 108 Å². The second kappa shape index (κ2) is 4.41. The lowest BCUT2D eigenvalue weighted by Gasteiger charge is -2.26. The van der Waals surface area contributed by atoms with Crippen molar-refractivity contribution in [2.45, 2.75) is 26.4 Å². The summed E-state index contributed by atoms with van der Waals surface area (Å²) in [5.74, 6) is 0. The summed E-state index contributed by atoms with van der Waals surface area (Å²) in [6, 6.07) is 6.62. The molecule has 0 bridgehead atoms. The molecule has 0 fully saturated rings. The number of hydrogen-bond donors (Lipinski definition) is 1. The van der Waals surface area contributed by atoms with Gasteiger partial charge in [0.2, 0.25) is 0 Å². The van der Waals surface area contributed by atoms with E-state index in [0.29, 0.717) is 0 Å². The highest BCUT2D eigenvalue weighted by Gasteiger charge is 2.21. The highest BCUT2D eigenvalue weighted by molar-refractivity contribution is 5.88. The van der Waals surface area contributed by atoms with Gasteiger partial charge in [-0.1, -0.05) is 18.2 Å². The molecule has 0 saturated carbocycles. The Bertz CT molecular complexity index is 583. The molecule has 1 aromatic heterocycles. The Kier molecular flexibility index (Phi) is 2.88. The van der Waals surface area contributed by atoms with Crippen LogP contribution in [0.3, 0.4) is 0 Å². The van der Waals surface area contributed by atoms with E-state index in [-0.39, 0.29) is 0 Å². The van der Waals surface area contributed by atoms with Gasteiger partial charge in [-0.2, -0.15) is 0 Å². The minimum Gasteiger partial charge on any atom is -0.342 e. The van der Waals surface area contributed by atoms with Gasteiger partial charge in [-0.3, -0.25) is 4.90 Å². The first kappa shape index (κ1) is 11.8. The van der Waals surface area contributed by atoms with E-state index < -0.39 is 0 Å². The Hall–Kier alpha value is -1.32. The summed E-state index contributed by atoms with van der Waals surface area (Å²) in [5.41, 5.74) is 11.5. The van der Waals surface area contributed by atoms with Crippen molar-refractivity contribution in [3.8, 4) is 0 Å². The molecule has 0 atom stereocenters. The number of likely N-dealkylation sites (N-methyl/N-ethyl adjacent to an activating group) is 1. The topological polar surface area (TPSA) is 34.2 Å². The lowest BCUT2D eigenvalue weighted by molar-refractivity contribution is 0.271. The summed E-state index contributed by atoms with van der Waals surface area (Å²) < 4.78 is 2.51. The number of aromatic nitrogens is 1. The van der Waals surface area contributed by atoms with E-state index in [2.05, 4.69) is 41.6 Å². The Morgan fingerprint density at radius 1 is 1.28 bits per heavy atom. The number of aryl methyl sites for hydroxylation is 1. The van der Waals surface area contributed by atoms with Crippen molar-refractivity contribution in [2.24, 2.45) is 5.73 Å². The first-order valence-electron chi connectivity index (χ1n) is 6.70. The summed E-state index contributed by atoms with van der Waals surface area (Å²) >= 11 is 0. The molecular formula is C15H21N3. The molecule has 96 valence electrons. The minimum absolute atomic E-state index is 0.726. The fraction of sp³-hybridized carbons (Fsp3) is 0.467. The van der Waals surface area contributed by atoms with Gasteiger partial charge >= 0.3 is 0 Å². The number of fused-ring (bicyclic) bond motifs is 3. The maximum absolute atomic E-state index is 5.79. The van der Waals surface area contributed by atoms with Crippen molar-refractivity contribution in [3.63, 3.8) is 0 Å². The molecule has 0 radical (unpaired) electrons. The van der Waals surface area contributed by atoms with Crippen LogP contribution in [0.4, 0.5) is 0 Å². The van der Waals surface area contributed by atoms with E-state index in [4.69, 9.17) is 5.73 Å². The minimum atomic E-state index is 0.726. The second-order valence-electron chi connectivity index (χ2n) is 5.32. The third kappa shape index (κ3) is 1.66. The zero-order chi connectivity index (χ0) is 12.7. The van der Waals surface area contributed by atoms with Gasteiger partial charge < -0.3 is 10.3 Å². The Balaban J connectivity index is 2.30. The first-order chi connectivity index (χ1) is 8.72. The zero-order valence-electron chi connectivity index (χ0n) is 11.2. The lowest BCUT2D eigenvalue weighted by Crippen LogP contribution is -2.30. The molecule has 0 unspecified atom stereocenters. The van der Waals surface area contributed by atoms with Gasteiger partial charge in [0.05, 0.1) is 5.52 Å². The van der Waals surface area contributed by atoms with Crippen LogP contribution in [0.15, 0.2) is 18.2 Å². The van der Waals surface area contributed by atoms with Crippen molar-refractivity contribution in [1.82, 2.24) is 9.47 Å². The monoisotopic (exact) mass is 243 g/mol. The number of para-hydroxylation sites is 1. The van der Waals surface area contributed by atoms with E-state index >= 15 is 0 Å². The van der Waals surface area contributed by atoms with Crippen LogP contribution in [-0.4, -0.2) is 29.6 Å². The van der Waals surface area contributed by atoms with Crippen molar-refractivity contribution < 1.29 is 0 Å². The number of rotatable bonds is 2. The van der Waals surface area contributed by atoms with Crippen LogP contribution < -0.4 is 5.73 Å². The third-order valence-corrected chi connectivity index (χ3v) is 4.03. The summed E-state index contributed by atoms with van der Waals surface area (Å²) in [7, 11) is 2.19. The average Bonchev–Trinajstić information content (AvgIpc) is 2.66. The van der Waals surface area contributed by atoms with Crippen molar-refractivity contribution in [2.75, 3.05) is 20.1 Å². The molecule has 18 heavy (non-hydrogen) atoms. The summed E-state index contributed by atoms with van der Waals surface area (Å²) in [4.78, 5) is 2.39. The molecule has 1 aromatic carbocycles. The van der Waals surface area contributed by atoms with Crippen molar-refractivity contribution in [3.05, 3.63) is 35.0 Å². The standard InChI is InChI=1S/C15H21N3/c1-11-4-3-5-13-12(6-7-16)14-10-17(2)8-9-18(14)15(11)13/h3-5H,6-10,16H2,1-2H3. The smallest absolute Gasteiger partial charge is 0.0515 e. The summed E-state index contributed by atoms with van der Waals surface area (Å²) in [6.07, 6.45) is 0.982. The first-order valence-corrected chi connectivity index (χ1v) is 6.70. The van der Waals surface area contributed by atoms with Crippen LogP contribution in [-0.2, 0) is 19.5 Å². The molecule has 3 heteroatoms. The number of benzene rings is 1. The van der Waals surface area contributed by atoms with Gasteiger partial charge in [-0.25, -0.2) is 0 Å². The fourth-order valence-corrected chi connectivity index (χ4v) is 3.17. The van der Waals surface area contributed by atoms with Crippen LogP contribution in [0.1, 0.15) is 16.8 Å². The molecule has 3 rings (SSSR count). The van der Waals surface area contributed by atoms with Crippen LogP contribution in [0.25, 0.3) is 10.9 Å². The second-order valence-corrected chi connectivity index (χ2v) is 5.32. The number of nitrogens with two attached hydrogens (primary N) is 1. The van der Waals surface area contributed by atoms with E-state index in [1.165, 1.54) is 27.7 Å². The number of hydrogen-bond acceptors (Lipinski definition) is 2. The van der Waals surface area contributed by atoms with Crippen molar-refractivity contribution in [1.29, 1.82) is 0 Å². The molecule has 3 nitrogen and oxygen atoms in total. The zero-order valence-corrected chi connectivity index (χ0v) is 11.2. The molecule has 0 aliphatic carbocycles. The van der Waals surface area contributed by atoms with Gasteiger partial charge in [-0.05, 0) is 38.1 Å². The van der Waals surface area contributed by atoms with Gasteiger partial charge in [0, 0.05) is 30.7 Å². The van der Waals surface area contributed by atoms with Crippen molar-refractivity contribution >= 4 is 10.9 Å². The predicted octanol–water partition coefficient (Wildman–Crippen LogP) is 1.90. The average molecular weight is 243 g/mol. The number of nitrogens with zero attached hydrogens (tertiary/aromatic N) is 2.